The summed E-state index contributed by atoms with van der Waals surface area (Å²) in [5.74, 6) is 0. The third-order valence-corrected chi connectivity index (χ3v) is 2.72. The van der Waals surface area contributed by atoms with Crippen LogP contribution in [0.1, 0.15) is 18.4 Å². The molecule has 0 unspecified atom stereocenters. The predicted molar refractivity (Wildman–Crippen MR) is 56.1 cm³/mol. The minimum atomic E-state index is 0.753. The second kappa shape index (κ2) is 3.14. The molecule has 72 valence electrons. The second-order valence-electron chi connectivity index (χ2n) is 3.91. The van der Waals surface area contributed by atoms with Crippen LogP contribution in [0.5, 0.6) is 0 Å². The van der Waals surface area contributed by atoms with E-state index >= 15 is 0 Å². The van der Waals surface area contributed by atoms with Crippen LogP contribution < -0.4 is 5.32 Å². The molecule has 0 saturated heterocycles. The Hall–Kier alpha value is -1.28. The van der Waals surface area contributed by atoms with Crippen LogP contribution in [-0.4, -0.2) is 6.04 Å². The number of rotatable bonds is 3. The fraction of sp³-hybridized carbons (Fsp3) is 0.333. The van der Waals surface area contributed by atoms with Gasteiger partial charge in [0.05, 0.1) is 6.26 Å². The maximum absolute atomic E-state index is 5.46. The Balaban J connectivity index is 1.87. The van der Waals surface area contributed by atoms with Gasteiger partial charge in [-0.05, 0) is 18.9 Å². The van der Waals surface area contributed by atoms with Gasteiger partial charge in [-0.2, -0.15) is 0 Å². The molecule has 0 spiro atoms. The van der Waals surface area contributed by atoms with Crippen molar-refractivity contribution >= 4 is 11.0 Å². The largest absolute Gasteiger partial charge is 0.464 e. The van der Waals surface area contributed by atoms with E-state index in [1.807, 2.05) is 18.4 Å². The summed E-state index contributed by atoms with van der Waals surface area (Å²) in [7, 11) is 0. The molecule has 1 N–H and O–H groups in total. The van der Waals surface area contributed by atoms with Gasteiger partial charge in [0.15, 0.2) is 0 Å². The first-order valence-corrected chi connectivity index (χ1v) is 5.12. The molecule has 0 bridgehead atoms. The van der Waals surface area contributed by atoms with E-state index in [1.165, 1.54) is 23.8 Å². The van der Waals surface area contributed by atoms with E-state index < -0.39 is 0 Å². The molecule has 0 aliphatic heterocycles. The van der Waals surface area contributed by atoms with Gasteiger partial charge >= 0.3 is 0 Å². The van der Waals surface area contributed by atoms with E-state index in [0.717, 1.165) is 18.2 Å². The summed E-state index contributed by atoms with van der Waals surface area (Å²) in [6, 6.07) is 8.94. The van der Waals surface area contributed by atoms with Crippen molar-refractivity contribution < 1.29 is 4.42 Å². The summed E-state index contributed by atoms with van der Waals surface area (Å²) in [5, 5.41) is 4.73. The molecule has 1 aliphatic rings. The average Bonchev–Trinajstić information content (AvgIpc) is 2.96. The second-order valence-corrected chi connectivity index (χ2v) is 3.91. The first kappa shape index (κ1) is 8.06. The minimum Gasteiger partial charge on any atom is -0.464 e. The van der Waals surface area contributed by atoms with Gasteiger partial charge in [-0.25, -0.2) is 0 Å². The topological polar surface area (TPSA) is 25.2 Å². The van der Waals surface area contributed by atoms with Crippen LogP contribution in [-0.2, 0) is 6.54 Å². The standard InChI is InChI=1S/C12H13NO/c1-2-4-12-11(3-1)9(8-14-12)7-13-10-5-6-10/h1-4,8,10,13H,5-7H2. The SMILES string of the molecule is c1ccc2c(CNC3CC3)coc2c1. The van der Waals surface area contributed by atoms with Gasteiger partial charge < -0.3 is 9.73 Å². The van der Waals surface area contributed by atoms with Crippen LogP contribution in [0.4, 0.5) is 0 Å². The molecule has 3 rings (SSSR count). The Labute approximate surface area is 82.9 Å². The first-order chi connectivity index (χ1) is 6.93. The van der Waals surface area contributed by atoms with Crippen molar-refractivity contribution in [1.29, 1.82) is 0 Å². The minimum absolute atomic E-state index is 0.753. The Morgan fingerprint density at radius 3 is 3.00 bits per heavy atom. The van der Waals surface area contributed by atoms with Gasteiger partial charge in [-0.15, -0.1) is 0 Å². The monoisotopic (exact) mass is 187 g/mol. The maximum atomic E-state index is 5.46. The predicted octanol–water partition coefficient (Wildman–Crippen LogP) is 2.68. The molecule has 2 heteroatoms. The van der Waals surface area contributed by atoms with E-state index in [4.69, 9.17) is 4.42 Å². The summed E-state index contributed by atoms with van der Waals surface area (Å²) < 4.78 is 5.46. The molecule has 0 amide bonds. The quantitative estimate of drug-likeness (QED) is 0.799. The normalized spacial score (nSPS) is 16.3. The molecular formula is C12H13NO. The Morgan fingerprint density at radius 1 is 1.29 bits per heavy atom. The maximum Gasteiger partial charge on any atom is 0.134 e. The van der Waals surface area contributed by atoms with Crippen molar-refractivity contribution in [2.24, 2.45) is 0 Å². The number of benzene rings is 1. The van der Waals surface area contributed by atoms with Crippen molar-refractivity contribution in [2.45, 2.75) is 25.4 Å². The van der Waals surface area contributed by atoms with Crippen molar-refractivity contribution in [1.82, 2.24) is 5.32 Å². The van der Waals surface area contributed by atoms with Crippen LogP contribution in [0.15, 0.2) is 34.9 Å². The van der Waals surface area contributed by atoms with E-state index in [2.05, 4.69) is 17.4 Å². The van der Waals surface area contributed by atoms with E-state index in [0.29, 0.717) is 0 Å². The van der Waals surface area contributed by atoms with Crippen molar-refractivity contribution in [3.63, 3.8) is 0 Å². The first-order valence-electron chi connectivity index (χ1n) is 5.12. The molecule has 1 aliphatic carbocycles. The third-order valence-electron chi connectivity index (χ3n) is 2.72. The molecule has 14 heavy (non-hydrogen) atoms. The highest BCUT2D eigenvalue weighted by Crippen LogP contribution is 2.23. The highest BCUT2D eigenvalue weighted by molar-refractivity contribution is 5.80. The lowest BCUT2D eigenvalue weighted by Gasteiger charge is -1.99. The molecule has 1 aromatic carbocycles. The van der Waals surface area contributed by atoms with Gasteiger partial charge in [-0.1, -0.05) is 18.2 Å². The lowest BCUT2D eigenvalue weighted by molar-refractivity contribution is 0.601. The summed E-state index contributed by atoms with van der Waals surface area (Å²) in [5.41, 5.74) is 2.26. The lowest BCUT2D eigenvalue weighted by atomic mass is 10.2. The van der Waals surface area contributed by atoms with E-state index in [9.17, 15) is 0 Å². The van der Waals surface area contributed by atoms with Gasteiger partial charge in [0.25, 0.3) is 0 Å². The zero-order valence-corrected chi connectivity index (χ0v) is 7.99. The third kappa shape index (κ3) is 1.42. The summed E-state index contributed by atoms with van der Waals surface area (Å²) >= 11 is 0. The van der Waals surface area contributed by atoms with Gasteiger partial charge in [0.1, 0.15) is 5.58 Å². The fourth-order valence-electron chi connectivity index (χ4n) is 1.71. The summed E-state index contributed by atoms with van der Waals surface area (Å²) in [4.78, 5) is 0. The number of furan rings is 1. The fourth-order valence-corrected chi connectivity index (χ4v) is 1.71. The number of para-hydroxylation sites is 1. The van der Waals surface area contributed by atoms with Crippen LogP contribution in [0.2, 0.25) is 0 Å². The van der Waals surface area contributed by atoms with Crippen LogP contribution in [0.3, 0.4) is 0 Å². The van der Waals surface area contributed by atoms with Crippen molar-refractivity contribution in [3.05, 3.63) is 36.1 Å². The van der Waals surface area contributed by atoms with E-state index in [1.54, 1.807) is 0 Å². The van der Waals surface area contributed by atoms with Crippen molar-refractivity contribution in [3.8, 4) is 0 Å². The van der Waals surface area contributed by atoms with Gasteiger partial charge in [0, 0.05) is 23.5 Å². The molecule has 1 fully saturated rings. The smallest absolute Gasteiger partial charge is 0.134 e. The molecule has 1 saturated carbocycles. The molecular weight excluding hydrogens is 174 g/mol. The molecule has 2 aromatic rings. The zero-order chi connectivity index (χ0) is 9.38. The van der Waals surface area contributed by atoms with E-state index in [-0.39, 0.29) is 0 Å². The molecule has 1 heterocycles. The zero-order valence-electron chi connectivity index (χ0n) is 7.99. The highest BCUT2D eigenvalue weighted by Gasteiger charge is 2.20. The van der Waals surface area contributed by atoms with Gasteiger partial charge in [0.2, 0.25) is 0 Å². The molecule has 0 atom stereocenters. The summed E-state index contributed by atoms with van der Waals surface area (Å²) in [6.45, 7) is 0.932. The number of hydrogen-bond acceptors (Lipinski definition) is 2. The van der Waals surface area contributed by atoms with Crippen molar-refractivity contribution in [2.75, 3.05) is 0 Å². The van der Waals surface area contributed by atoms with Crippen LogP contribution in [0.25, 0.3) is 11.0 Å². The highest BCUT2D eigenvalue weighted by atomic mass is 16.3. The van der Waals surface area contributed by atoms with Crippen LogP contribution >= 0.6 is 0 Å². The Morgan fingerprint density at radius 2 is 2.14 bits per heavy atom. The summed E-state index contributed by atoms with van der Waals surface area (Å²) in [6.07, 6.45) is 4.52. The number of fused-ring (bicyclic) bond motifs is 1. The molecule has 0 radical (unpaired) electrons. The Bertz CT molecular complexity index is 442. The molecule has 2 nitrogen and oxygen atoms in total. The lowest BCUT2D eigenvalue weighted by Crippen LogP contribution is -2.14. The number of nitrogens with one attached hydrogen (secondary N) is 1. The Kier molecular flexibility index (Phi) is 1.81. The van der Waals surface area contributed by atoms with Crippen LogP contribution in [0, 0.1) is 0 Å². The van der Waals surface area contributed by atoms with Gasteiger partial charge in [-0.3, -0.25) is 0 Å². The molecule has 1 aromatic heterocycles. The number of hydrogen-bond donors (Lipinski definition) is 1. The average molecular weight is 187 g/mol.